The minimum absolute atomic E-state index is 0.179. The van der Waals surface area contributed by atoms with Gasteiger partial charge in [0.2, 0.25) is 11.8 Å². The number of carbonyl (C=O) groups excluding carboxylic acids is 2. The highest BCUT2D eigenvalue weighted by atomic mass is 16.2. The van der Waals surface area contributed by atoms with E-state index in [2.05, 4.69) is 17.2 Å². The fourth-order valence-electron chi connectivity index (χ4n) is 1.46. The Balaban J connectivity index is 2.56. The van der Waals surface area contributed by atoms with Gasteiger partial charge in [-0.05, 0) is 31.0 Å². The maximum Gasteiger partial charge on any atom is 0.233 e. The molecule has 0 saturated heterocycles. The first kappa shape index (κ1) is 14.0. The normalized spacial score (nSPS) is 9.67. The maximum atomic E-state index is 11.7. The lowest BCUT2D eigenvalue weighted by atomic mass is 10.1. The van der Waals surface area contributed by atoms with Crippen molar-refractivity contribution in [3.63, 3.8) is 0 Å². The molecule has 18 heavy (non-hydrogen) atoms. The number of anilines is 1. The second kappa shape index (κ2) is 6.59. The molecule has 0 aliphatic carbocycles. The third kappa shape index (κ3) is 4.41. The van der Waals surface area contributed by atoms with E-state index in [1.807, 2.05) is 32.0 Å². The molecule has 0 atom stereocenters. The topological polar surface area (TPSA) is 58.2 Å². The van der Waals surface area contributed by atoms with Gasteiger partial charge in [-0.1, -0.05) is 18.2 Å². The molecule has 0 unspecified atom stereocenters. The monoisotopic (exact) mass is 246 g/mol. The summed E-state index contributed by atoms with van der Waals surface area (Å²) in [5, 5.41) is 5.29. The van der Waals surface area contributed by atoms with Crippen LogP contribution >= 0.6 is 0 Å². The SMILES string of the molecule is C=CCNC(=O)CC(=O)Nc1cc(C)ccc1C. The van der Waals surface area contributed by atoms with Crippen LogP contribution < -0.4 is 10.6 Å². The van der Waals surface area contributed by atoms with Gasteiger partial charge in [0.1, 0.15) is 6.42 Å². The van der Waals surface area contributed by atoms with E-state index in [9.17, 15) is 9.59 Å². The molecule has 4 heteroatoms. The highest BCUT2D eigenvalue weighted by Gasteiger charge is 2.09. The van der Waals surface area contributed by atoms with Crippen LogP contribution in [0.2, 0.25) is 0 Å². The van der Waals surface area contributed by atoms with Crippen molar-refractivity contribution in [1.82, 2.24) is 5.32 Å². The largest absolute Gasteiger partial charge is 0.352 e. The fourth-order valence-corrected chi connectivity index (χ4v) is 1.46. The van der Waals surface area contributed by atoms with Gasteiger partial charge in [-0.15, -0.1) is 6.58 Å². The molecule has 1 aromatic rings. The second-order valence-electron chi connectivity index (χ2n) is 4.14. The molecule has 0 saturated carbocycles. The summed E-state index contributed by atoms with van der Waals surface area (Å²) >= 11 is 0. The highest BCUT2D eigenvalue weighted by molar-refractivity contribution is 6.03. The first-order chi connectivity index (χ1) is 8.52. The Kier molecular flexibility index (Phi) is 5.11. The number of benzene rings is 1. The van der Waals surface area contributed by atoms with Gasteiger partial charge in [-0.25, -0.2) is 0 Å². The number of hydrogen-bond donors (Lipinski definition) is 2. The van der Waals surface area contributed by atoms with Crippen molar-refractivity contribution in [1.29, 1.82) is 0 Å². The Hall–Kier alpha value is -2.10. The van der Waals surface area contributed by atoms with Gasteiger partial charge in [0.15, 0.2) is 0 Å². The number of carbonyl (C=O) groups is 2. The molecule has 2 amide bonds. The predicted octanol–water partition coefficient (Wildman–Crippen LogP) is 1.93. The van der Waals surface area contributed by atoms with Crippen molar-refractivity contribution < 1.29 is 9.59 Å². The lowest BCUT2D eigenvalue weighted by Crippen LogP contribution is -2.28. The number of rotatable bonds is 5. The summed E-state index contributed by atoms with van der Waals surface area (Å²) in [6.07, 6.45) is 1.39. The van der Waals surface area contributed by atoms with Crippen molar-refractivity contribution in [3.05, 3.63) is 42.0 Å². The number of nitrogens with one attached hydrogen (secondary N) is 2. The van der Waals surface area contributed by atoms with E-state index in [1.54, 1.807) is 6.08 Å². The zero-order chi connectivity index (χ0) is 13.5. The van der Waals surface area contributed by atoms with Crippen molar-refractivity contribution in [2.24, 2.45) is 0 Å². The Bertz CT molecular complexity index is 467. The van der Waals surface area contributed by atoms with Crippen LogP contribution in [0.15, 0.2) is 30.9 Å². The molecule has 0 aliphatic rings. The molecule has 4 nitrogen and oxygen atoms in total. The van der Waals surface area contributed by atoms with Crippen LogP contribution in [0, 0.1) is 13.8 Å². The average molecular weight is 246 g/mol. The lowest BCUT2D eigenvalue weighted by Gasteiger charge is -2.09. The van der Waals surface area contributed by atoms with E-state index in [0.717, 1.165) is 16.8 Å². The first-order valence-electron chi connectivity index (χ1n) is 5.77. The van der Waals surface area contributed by atoms with Crippen LogP contribution in [0.5, 0.6) is 0 Å². The van der Waals surface area contributed by atoms with E-state index in [1.165, 1.54) is 0 Å². The van der Waals surface area contributed by atoms with Crippen molar-refractivity contribution in [3.8, 4) is 0 Å². The molecule has 2 N–H and O–H groups in total. The summed E-state index contributed by atoms with van der Waals surface area (Å²) in [4.78, 5) is 23.0. The van der Waals surface area contributed by atoms with Crippen LogP contribution in [-0.2, 0) is 9.59 Å². The molecule has 96 valence electrons. The summed E-state index contributed by atoms with van der Waals surface area (Å²) < 4.78 is 0. The van der Waals surface area contributed by atoms with Crippen LogP contribution in [0.25, 0.3) is 0 Å². The minimum Gasteiger partial charge on any atom is -0.352 e. The summed E-state index contributed by atoms with van der Waals surface area (Å²) in [6.45, 7) is 7.72. The predicted molar refractivity (Wildman–Crippen MR) is 72.4 cm³/mol. The highest BCUT2D eigenvalue weighted by Crippen LogP contribution is 2.16. The molecule has 0 aromatic heterocycles. The number of aryl methyl sites for hydroxylation is 2. The van der Waals surface area contributed by atoms with Crippen molar-refractivity contribution in [2.45, 2.75) is 20.3 Å². The van der Waals surface area contributed by atoms with Gasteiger partial charge in [-0.2, -0.15) is 0 Å². The zero-order valence-corrected chi connectivity index (χ0v) is 10.7. The second-order valence-corrected chi connectivity index (χ2v) is 4.14. The van der Waals surface area contributed by atoms with Gasteiger partial charge >= 0.3 is 0 Å². The van der Waals surface area contributed by atoms with E-state index in [0.29, 0.717) is 6.54 Å². The van der Waals surface area contributed by atoms with Crippen LogP contribution in [0.3, 0.4) is 0 Å². The van der Waals surface area contributed by atoms with Gasteiger partial charge in [0.05, 0.1) is 0 Å². The molecule has 0 heterocycles. The Morgan fingerprint density at radius 1 is 1.28 bits per heavy atom. The quantitative estimate of drug-likeness (QED) is 0.616. The van der Waals surface area contributed by atoms with Crippen molar-refractivity contribution >= 4 is 17.5 Å². The van der Waals surface area contributed by atoms with Crippen molar-refractivity contribution in [2.75, 3.05) is 11.9 Å². The van der Waals surface area contributed by atoms with Crippen LogP contribution in [0.4, 0.5) is 5.69 Å². The van der Waals surface area contributed by atoms with E-state index in [4.69, 9.17) is 0 Å². The zero-order valence-electron chi connectivity index (χ0n) is 10.7. The van der Waals surface area contributed by atoms with Gasteiger partial charge in [0.25, 0.3) is 0 Å². The van der Waals surface area contributed by atoms with E-state index >= 15 is 0 Å². The molecule has 1 rings (SSSR count). The third-order valence-electron chi connectivity index (χ3n) is 2.43. The first-order valence-corrected chi connectivity index (χ1v) is 5.77. The molecular formula is C14H18N2O2. The standard InChI is InChI=1S/C14H18N2O2/c1-4-7-15-13(17)9-14(18)16-12-8-10(2)5-6-11(12)3/h4-6,8H,1,7,9H2,2-3H3,(H,15,17)(H,16,18). The Morgan fingerprint density at radius 3 is 2.67 bits per heavy atom. The Morgan fingerprint density at radius 2 is 2.00 bits per heavy atom. The fraction of sp³-hybridized carbons (Fsp3) is 0.286. The molecule has 0 spiro atoms. The summed E-state index contributed by atoms with van der Waals surface area (Å²) in [5.41, 5.74) is 2.78. The molecule has 0 fully saturated rings. The average Bonchev–Trinajstić information content (AvgIpc) is 2.31. The summed E-state index contributed by atoms with van der Waals surface area (Å²) in [6, 6.07) is 5.79. The summed E-state index contributed by atoms with van der Waals surface area (Å²) in [7, 11) is 0. The number of amides is 2. The molecule has 0 radical (unpaired) electrons. The maximum absolute atomic E-state index is 11.7. The molecule has 0 aliphatic heterocycles. The van der Waals surface area contributed by atoms with Gasteiger partial charge in [0, 0.05) is 12.2 Å². The summed E-state index contributed by atoms with van der Waals surface area (Å²) in [5.74, 6) is -0.622. The number of hydrogen-bond acceptors (Lipinski definition) is 2. The van der Waals surface area contributed by atoms with E-state index in [-0.39, 0.29) is 18.2 Å². The van der Waals surface area contributed by atoms with Crippen LogP contribution in [0.1, 0.15) is 17.5 Å². The Labute approximate surface area is 107 Å². The van der Waals surface area contributed by atoms with Gasteiger partial charge in [-0.3, -0.25) is 9.59 Å². The van der Waals surface area contributed by atoms with Crippen LogP contribution in [-0.4, -0.2) is 18.4 Å². The third-order valence-corrected chi connectivity index (χ3v) is 2.43. The van der Waals surface area contributed by atoms with Gasteiger partial charge < -0.3 is 10.6 Å². The molecule has 1 aromatic carbocycles. The smallest absolute Gasteiger partial charge is 0.233 e. The molecule has 0 bridgehead atoms. The van der Waals surface area contributed by atoms with E-state index < -0.39 is 0 Å². The molecular weight excluding hydrogens is 228 g/mol. The minimum atomic E-state index is -0.315. The lowest BCUT2D eigenvalue weighted by molar-refractivity contribution is -0.126.